The summed E-state index contributed by atoms with van der Waals surface area (Å²) in [6.07, 6.45) is 2.17. The first-order valence-electron chi connectivity index (χ1n) is 8.55. The normalized spacial score (nSPS) is 22.2. The Morgan fingerprint density at radius 2 is 2.00 bits per heavy atom. The highest BCUT2D eigenvalue weighted by Crippen LogP contribution is 2.23. The number of nitrogens with zero attached hydrogens (tertiary/aromatic N) is 2. The highest BCUT2D eigenvalue weighted by atomic mass is 32.2. The largest absolute Gasteiger partial charge is 0.343 e. The van der Waals surface area contributed by atoms with Gasteiger partial charge in [-0.15, -0.1) is 0 Å². The van der Waals surface area contributed by atoms with E-state index in [1.165, 1.54) is 0 Å². The molecule has 0 bridgehead atoms. The number of amidine groups is 1. The van der Waals surface area contributed by atoms with Crippen LogP contribution in [0.2, 0.25) is 0 Å². The fourth-order valence-corrected chi connectivity index (χ4v) is 4.53. The van der Waals surface area contributed by atoms with Crippen molar-refractivity contribution in [3.8, 4) is 0 Å². The van der Waals surface area contributed by atoms with Crippen LogP contribution in [0.3, 0.4) is 0 Å². The molecular weight excluding hydrogens is 340 g/mol. The van der Waals surface area contributed by atoms with E-state index in [2.05, 4.69) is 15.0 Å². The second-order valence-electron chi connectivity index (χ2n) is 6.62. The van der Waals surface area contributed by atoms with E-state index >= 15 is 0 Å². The Kier molecular flexibility index (Phi) is 5.10. The number of amides is 1. The number of sulfonamides is 1. The third-order valence-corrected chi connectivity index (χ3v) is 6.13. The second kappa shape index (κ2) is 7.13. The third-order valence-electron chi connectivity index (χ3n) is 4.73. The number of hydrogen-bond acceptors (Lipinski definition) is 5. The van der Waals surface area contributed by atoms with Crippen molar-refractivity contribution in [2.75, 3.05) is 20.1 Å². The second-order valence-corrected chi connectivity index (χ2v) is 8.27. The van der Waals surface area contributed by atoms with Gasteiger partial charge in [0.05, 0.1) is 10.9 Å². The molecule has 2 N–H and O–H groups in total. The van der Waals surface area contributed by atoms with Crippen LogP contribution >= 0.6 is 0 Å². The molecule has 0 saturated carbocycles. The van der Waals surface area contributed by atoms with Crippen molar-refractivity contribution in [1.82, 2.24) is 14.9 Å². The number of piperidine rings is 1. The summed E-state index contributed by atoms with van der Waals surface area (Å²) in [6.45, 7) is 3.69. The van der Waals surface area contributed by atoms with E-state index in [9.17, 15) is 13.2 Å². The number of benzene rings is 1. The molecule has 1 atom stereocenters. The highest BCUT2D eigenvalue weighted by molar-refractivity contribution is 7.90. The van der Waals surface area contributed by atoms with Gasteiger partial charge in [-0.05, 0) is 45.0 Å². The monoisotopic (exact) mass is 364 g/mol. The van der Waals surface area contributed by atoms with Gasteiger partial charge in [0.15, 0.2) is 0 Å². The molecule has 1 fully saturated rings. The Hall–Kier alpha value is -1.93. The quantitative estimate of drug-likeness (QED) is 0.823. The lowest BCUT2D eigenvalue weighted by Gasteiger charge is -2.32. The van der Waals surface area contributed by atoms with Gasteiger partial charge >= 0.3 is 0 Å². The molecule has 136 valence electrons. The lowest BCUT2D eigenvalue weighted by molar-refractivity contribution is -0.132. The number of aliphatic imine (C=N–C) groups is 1. The summed E-state index contributed by atoms with van der Waals surface area (Å²) in [5.74, 6) is 0.360. The molecule has 1 saturated heterocycles. The standard InChI is InChI=1S/C17H24N4O3S/c1-12(11-16(22)21(2)13-7-9-18-10-8-13)19-17-14-5-3-4-6-15(14)25(23,24)20-17/h3-6,12-13,18H,7-11H2,1-2H3,(H,19,20). The maximum Gasteiger partial charge on any atom is 0.263 e. The molecule has 0 aromatic heterocycles. The first-order valence-corrected chi connectivity index (χ1v) is 10.0. The molecule has 8 heteroatoms. The smallest absolute Gasteiger partial charge is 0.263 e. The first-order chi connectivity index (χ1) is 11.9. The predicted octanol–water partition coefficient (Wildman–Crippen LogP) is 0.714. The van der Waals surface area contributed by atoms with Gasteiger partial charge in [0.1, 0.15) is 5.84 Å². The van der Waals surface area contributed by atoms with E-state index in [0.29, 0.717) is 11.4 Å². The summed E-state index contributed by atoms with van der Waals surface area (Å²) in [5.41, 5.74) is 0.563. The molecule has 1 aromatic rings. The van der Waals surface area contributed by atoms with Gasteiger partial charge in [-0.1, -0.05) is 12.1 Å². The number of fused-ring (bicyclic) bond motifs is 1. The maximum atomic E-state index is 12.5. The fraction of sp³-hybridized carbons (Fsp3) is 0.529. The Balaban J connectivity index is 1.69. The van der Waals surface area contributed by atoms with Crippen LogP contribution in [0.4, 0.5) is 0 Å². The van der Waals surface area contributed by atoms with Crippen LogP contribution in [0.15, 0.2) is 34.2 Å². The van der Waals surface area contributed by atoms with E-state index in [0.717, 1.165) is 25.9 Å². The van der Waals surface area contributed by atoms with Crippen LogP contribution in [0.25, 0.3) is 0 Å². The summed E-state index contributed by atoms with van der Waals surface area (Å²) in [7, 11) is -1.71. The van der Waals surface area contributed by atoms with Crippen LogP contribution in [0.1, 0.15) is 31.7 Å². The average Bonchev–Trinajstić information content (AvgIpc) is 2.85. The van der Waals surface area contributed by atoms with Crippen LogP contribution in [0, 0.1) is 0 Å². The van der Waals surface area contributed by atoms with Gasteiger partial charge in [0, 0.05) is 25.1 Å². The van der Waals surface area contributed by atoms with Crippen molar-refractivity contribution < 1.29 is 13.2 Å². The molecule has 2 heterocycles. The zero-order chi connectivity index (χ0) is 18.0. The van der Waals surface area contributed by atoms with Gasteiger partial charge in [-0.2, -0.15) is 0 Å². The first kappa shape index (κ1) is 17.9. The Labute approximate surface area is 148 Å². The van der Waals surface area contributed by atoms with Gasteiger partial charge < -0.3 is 10.2 Å². The van der Waals surface area contributed by atoms with Gasteiger partial charge in [0.2, 0.25) is 5.91 Å². The Morgan fingerprint density at radius 3 is 2.72 bits per heavy atom. The van der Waals surface area contributed by atoms with E-state index in [1.54, 1.807) is 24.3 Å². The van der Waals surface area contributed by atoms with Crippen molar-refractivity contribution >= 4 is 21.8 Å². The van der Waals surface area contributed by atoms with E-state index in [-0.39, 0.29) is 29.3 Å². The molecule has 2 aliphatic heterocycles. The van der Waals surface area contributed by atoms with Crippen molar-refractivity contribution in [1.29, 1.82) is 0 Å². The molecule has 0 spiro atoms. The third kappa shape index (κ3) is 3.85. The summed E-state index contributed by atoms with van der Waals surface area (Å²) in [4.78, 5) is 19.0. The van der Waals surface area contributed by atoms with Gasteiger partial charge in [-0.3, -0.25) is 14.5 Å². The molecule has 0 radical (unpaired) electrons. The van der Waals surface area contributed by atoms with Crippen LogP contribution in [0.5, 0.6) is 0 Å². The molecular formula is C17H24N4O3S. The SMILES string of the molecule is CC(CC(=O)N(C)C1CCNCC1)N=C1NS(=O)(=O)c2ccccc21. The average molecular weight is 364 g/mol. The Morgan fingerprint density at radius 1 is 1.32 bits per heavy atom. The van der Waals surface area contributed by atoms with Crippen LogP contribution < -0.4 is 10.0 Å². The van der Waals surface area contributed by atoms with Crippen LogP contribution in [-0.2, 0) is 14.8 Å². The van der Waals surface area contributed by atoms with Crippen molar-refractivity contribution in [3.05, 3.63) is 29.8 Å². The molecule has 1 aromatic carbocycles. The van der Waals surface area contributed by atoms with Crippen molar-refractivity contribution in [2.45, 2.75) is 43.2 Å². The summed E-state index contributed by atoms with van der Waals surface area (Å²) in [5, 5.41) is 3.29. The molecule has 3 rings (SSSR count). The summed E-state index contributed by atoms with van der Waals surface area (Å²) < 4.78 is 26.7. The van der Waals surface area contributed by atoms with Crippen LogP contribution in [-0.4, -0.2) is 57.3 Å². The zero-order valence-electron chi connectivity index (χ0n) is 14.5. The molecule has 1 amide bonds. The van der Waals surface area contributed by atoms with E-state index in [1.807, 2.05) is 18.9 Å². The molecule has 7 nitrogen and oxygen atoms in total. The van der Waals surface area contributed by atoms with Gasteiger partial charge in [-0.25, -0.2) is 8.42 Å². The fourth-order valence-electron chi connectivity index (χ4n) is 3.29. The summed E-state index contributed by atoms with van der Waals surface area (Å²) in [6, 6.07) is 6.70. The zero-order valence-corrected chi connectivity index (χ0v) is 15.3. The number of rotatable bonds is 4. The minimum atomic E-state index is -3.55. The molecule has 0 aliphatic carbocycles. The lowest BCUT2D eigenvalue weighted by atomic mass is 10.0. The number of carbonyl (C=O) groups excluding carboxylic acids is 1. The van der Waals surface area contributed by atoms with Crippen molar-refractivity contribution in [3.63, 3.8) is 0 Å². The number of hydrogen-bond donors (Lipinski definition) is 2. The van der Waals surface area contributed by atoms with E-state index < -0.39 is 10.0 Å². The highest BCUT2D eigenvalue weighted by Gasteiger charge is 2.31. The number of carbonyl (C=O) groups is 1. The lowest BCUT2D eigenvalue weighted by Crippen LogP contribution is -2.44. The topological polar surface area (TPSA) is 90.9 Å². The number of nitrogens with one attached hydrogen (secondary N) is 2. The predicted molar refractivity (Wildman–Crippen MR) is 96.0 cm³/mol. The van der Waals surface area contributed by atoms with Gasteiger partial charge in [0.25, 0.3) is 10.0 Å². The van der Waals surface area contributed by atoms with Crippen molar-refractivity contribution in [2.24, 2.45) is 4.99 Å². The van der Waals surface area contributed by atoms with E-state index in [4.69, 9.17) is 0 Å². The Bertz CT molecular complexity index is 785. The minimum absolute atomic E-state index is 0.0397. The molecule has 25 heavy (non-hydrogen) atoms. The molecule has 1 unspecified atom stereocenters. The molecule has 2 aliphatic rings. The maximum absolute atomic E-state index is 12.5. The minimum Gasteiger partial charge on any atom is -0.343 e. The summed E-state index contributed by atoms with van der Waals surface area (Å²) >= 11 is 0.